The standard InChI is InChI=1S/C20H31N3O/c1-17(24)23-13-9-20(21-10-14-22-11-5-6-12-22)19(16-23)15-18-7-3-2-4-8-18/h2-4,7-8,19-21H,5-6,9-16H2,1H3/t19-,20+/m1/s1. The summed E-state index contributed by atoms with van der Waals surface area (Å²) < 4.78 is 0. The second-order valence-electron chi connectivity index (χ2n) is 7.31. The second kappa shape index (κ2) is 8.63. The number of likely N-dealkylation sites (tertiary alicyclic amines) is 2. The summed E-state index contributed by atoms with van der Waals surface area (Å²) in [7, 11) is 0. The Morgan fingerprint density at radius 2 is 1.92 bits per heavy atom. The average Bonchev–Trinajstić information content (AvgIpc) is 3.10. The molecular formula is C20H31N3O. The summed E-state index contributed by atoms with van der Waals surface area (Å²) in [4.78, 5) is 16.4. The number of carbonyl (C=O) groups excluding carboxylic acids is 1. The van der Waals surface area contributed by atoms with Crippen LogP contribution in [-0.2, 0) is 11.2 Å². The van der Waals surface area contributed by atoms with Gasteiger partial charge in [0.05, 0.1) is 0 Å². The highest BCUT2D eigenvalue weighted by Gasteiger charge is 2.30. The maximum absolute atomic E-state index is 11.8. The van der Waals surface area contributed by atoms with E-state index in [1.54, 1.807) is 6.92 Å². The van der Waals surface area contributed by atoms with Crippen LogP contribution in [0.25, 0.3) is 0 Å². The fraction of sp³-hybridized carbons (Fsp3) is 0.650. The molecule has 0 spiro atoms. The van der Waals surface area contributed by atoms with Gasteiger partial charge in [0.1, 0.15) is 0 Å². The Balaban J connectivity index is 1.56. The monoisotopic (exact) mass is 329 g/mol. The normalized spacial score (nSPS) is 25.1. The van der Waals surface area contributed by atoms with Gasteiger partial charge in [0, 0.05) is 39.1 Å². The number of benzene rings is 1. The molecule has 2 saturated heterocycles. The van der Waals surface area contributed by atoms with Crippen LogP contribution in [0.1, 0.15) is 31.7 Å². The number of carbonyl (C=O) groups is 1. The van der Waals surface area contributed by atoms with E-state index in [4.69, 9.17) is 0 Å². The lowest BCUT2D eigenvalue weighted by Gasteiger charge is -2.39. The van der Waals surface area contributed by atoms with Gasteiger partial charge >= 0.3 is 0 Å². The van der Waals surface area contributed by atoms with E-state index in [0.29, 0.717) is 12.0 Å². The lowest BCUT2D eigenvalue weighted by molar-refractivity contribution is -0.131. The van der Waals surface area contributed by atoms with E-state index in [9.17, 15) is 4.79 Å². The number of rotatable bonds is 6. The average molecular weight is 329 g/mol. The number of piperidine rings is 1. The van der Waals surface area contributed by atoms with Crippen molar-refractivity contribution in [1.29, 1.82) is 0 Å². The van der Waals surface area contributed by atoms with E-state index in [0.717, 1.165) is 39.0 Å². The molecular weight excluding hydrogens is 298 g/mol. The minimum atomic E-state index is 0.212. The summed E-state index contributed by atoms with van der Waals surface area (Å²) in [6.45, 7) is 8.21. The molecule has 1 N–H and O–H groups in total. The zero-order valence-electron chi connectivity index (χ0n) is 14.9. The van der Waals surface area contributed by atoms with Crippen LogP contribution in [0.15, 0.2) is 30.3 Å². The number of hydrogen-bond donors (Lipinski definition) is 1. The molecule has 0 radical (unpaired) electrons. The zero-order valence-corrected chi connectivity index (χ0v) is 14.9. The van der Waals surface area contributed by atoms with Crippen molar-refractivity contribution in [2.24, 2.45) is 5.92 Å². The van der Waals surface area contributed by atoms with Crippen LogP contribution in [0.3, 0.4) is 0 Å². The molecule has 2 aliphatic rings. The fourth-order valence-corrected chi connectivity index (χ4v) is 4.12. The molecule has 2 atom stereocenters. The highest BCUT2D eigenvalue weighted by molar-refractivity contribution is 5.73. The molecule has 3 rings (SSSR count). The number of nitrogens with one attached hydrogen (secondary N) is 1. The molecule has 1 amide bonds. The Labute approximate surface area is 146 Å². The molecule has 4 nitrogen and oxygen atoms in total. The largest absolute Gasteiger partial charge is 0.343 e. The van der Waals surface area contributed by atoms with Gasteiger partial charge in [-0.3, -0.25) is 4.79 Å². The van der Waals surface area contributed by atoms with Gasteiger partial charge < -0.3 is 15.1 Å². The van der Waals surface area contributed by atoms with Crippen molar-refractivity contribution in [2.45, 2.75) is 38.6 Å². The van der Waals surface area contributed by atoms with Crippen molar-refractivity contribution >= 4 is 5.91 Å². The summed E-state index contributed by atoms with van der Waals surface area (Å²) in [5.74, 6) is 0.715. The molecule has 24 heavy (non-hydrogen) atoms. The van der Waals surface area contributed by atoms with E-state index in [1.807, 2.05) is 4.90 Å². The van der Waals surface area contributed by atoms with E-state index >= 15 is 0 Å². The Morgan fingerprint density at radius 1 is 1.17 bits per heavy atom. The van der Waals surface area contributed by atoms with Gasteiger partial charge in [-0.1, -0.05) is 30.3 Å². The van der Waals surface area contributed by atoms with Gasteiger partial charge in [-0.05, 0) is 50.3 Å². The van der Waals surface area contributed by atoms with Crippen LogP contribution in [0.4, 0.5) is 0 Å². The van der Waals surface area contributed by atoms with Crippen LogP contribution < -0.4 is 5.32 Å². The Morgan fingerprint density at radius 3 is 2.62 bits per heavy atom. The van der Waals surface area contributed by atoms with Gasteiger partial charge in [0.25, 0.3) is 0 Å². The maximum Gasteiger partial charge on any atom is 0.219 e. The van der Waals surface area contributed by atoms with E-state index < -0.39 is 0 Å². The summed E-state index contributed by atoms with van der Waals surface area (Å²) in [6.07, 6.45) is 4.82. The van der Waals surface area contributed by atoms with Gasteiger partial charge in [-0.15, -0.1) is 0 Å². The summed E-state index contributed by atoms with van der Waals surface area (Å²) >= 11 is 0. The first-order chi connectivity index (χ1) is 11.7. The maximum atomic E-state index is 11.8. The molecule has 0 aliphatic carbocycles. The van der Waals surface area contributed by atoms with Crippen LogP contribution in [-0.4, -0.2) is 61.0 Å². The van der Waals surface area contributed by atoms with Crippen LogP contribution in [0.2, 0.25) is 0 Å². The molecule has 0 bridgehead atoms. The highest BCUT2D eigenvalue weighted by atomic mass is 16.2. The molecule has 2 aliphatic heterocycles. The first kappa shape index (κ1) is 17.4. The molecule has 0 unspecified atom stereocenters. The van der Waals surface area contributed by atoms with Crippen molar-refractivity contribution < 1.29 is 4.79 Å². The molecule has 0 aromatic heterocycles. The summed E-state index contributed by atoms with van der Waals surface area (Å²) in [5.41, 5.74) is 1.37. The van der Waals surface area contributed by atoms with Crippen molar-refractivity contribution in [1.82, 2.24) is 15.1 Å². The lowest BCUT2D eigenvalue weighted by atomic mass is 9.86. The quantitative estimate of drug-likeness (QED) is 0.869. The first-order valence-electron chi connectivity index (χ1n) is 9.47. The lowest BCUT2D eigenvalue weighted by Crippen LogP contribution is -2.52. The van der Waals surface area contributed by atoms with Gasteiger partial charge in [-0.25, -0.2) is 0 Å². The highest BCUT2D eigenvalue weighted by Crippen LogP contribution is 2.22. The Kier molecular flexibility index (Phi) is 6.27. The molecule has 1 aromatic carbocycles. The molecule has 132 valence electrons. The summed E-state index contributed by atoms with van der Waals surface area (Å²) in [5, 5.41) is 3.80. The summed E-state index contributed by atoms with van der Waals surface area (Å²) in [6, 6.07) is 11.2. The van der Waals surface area contributed by atoms with Crippen molar-refractivity contribution in [3.8, 4) is 0 Å². The van der Waals surface area contributed by atoms with Gasteiger partial charge in [0.2, 0.25) is 5.91 Å². The fourth-order valence-electron chi connectivity index (χ4n) is 4.12. The molecule has 0 saturated carbocycles. The van der Waals surface area contributed by atoms with E-state index in [-0.39, 0.29) is 5.91 Å². The number of amides is 1. The predicted molar refractivity (Wildman–Crippen MR) is 98.0 cm³/mol. The van der Waals surface area contributed by atoms with E-state index in [1.165, 1.54) is 31.5 Å². The van der Waals surface area contributed by atoms with Crippen LogP contribution in [0.5, 0.6) is 0 Å². The molecule has 4 heteroatoms. The molecule has 2 fully saturated rings. The van der Waals surface area contributed by atoms with Gasteiger partial charge in [0.15, 0.2) is 0 Å². The SMILES string of the molecule is CC(=O)N1CC[C@H](NCCN2CCCC2)[C@H](Cc2ccccc2)C1. The van der Waals surface area contributed by atoms with E-state index in [2.05, 4.69) is 40.5 Å². The number of nitrogens with zero attached hydrogens (tertiary/aromatic N) is 2. The Bertz CT molecular complexity index is 513. The zero-order chi connectivity index (χ0) is 16.8. The minimum absolute atomic E-state index is 0.212. The first-order valence-corrected chi connectivity index (χ1v) is 9.47. The van der Waals surface area contributed by atoms with Crippen LogP contribution in [0, 0.1) is 5.92 Å². The number of hydrogen-bond acceptors (Lipinski definition) is 3. The third kappa shape index (κ3) is 4.81. The second-order valence-corrected chi connectivity index (χ2v) is 7.31. The minimum Gasteiger partial charge on any atom is -0.343 e. The van der Waals surface area contributed by atoms with Crippen LogP contribution >= 0.6 is 0 Å². The molecule has 1 aromatic rings. The van der Waals surface area contributed by atoms with Crippen molar-refractivity contribution in [3.63, 3.8) is 0 Å². The van der Waals surface area contributed by atoms with Gasteiger partial charge in [-0.2, -0.15) is 0 Å². The van der Waals surface area contributed by atoms with Crippen molar-refractivity contribution in [2.75, 3.05) is 39.3 Å². The smallest absolute Gasteiger partial charge is 0.219 e. The predicted octanol–water partition coefficient (Wildman–Crippen LogP) is 2.15. The topological polar surface area (TPSA) is 35.6 Å². The van der Waals surface area contributed by atoms with Crippen molar-refractivity contribution in [3.05, 3.63) is 35.9 Å². The third-order valence-corrected chi connectivity index (χ3v) is 5.55. The third-order valence-electron chi connectivity index (χ3n) is 5.55. The molecule has 2 heterocycles. The Hall–Kier alpha value is -1.39.